The molecule has 1 saturated heterocycles. The molecule has 12 heteroatoms. The molecular formula is C22H27F3N4O5. The molecule has 1 aliphatic carbocycles. The Morgan fingerprint density at radius 2 is 1.88 bits per heavy atom. The number of hydrogen-bond acceptors (Lipinski definition) is 6. The molecule has 2 amide bonds. The molecule has 1 spiro atoms. The van der Waals surface area contributed by atoms with E-state index in [9.17, 15) is 22.8 Å². The third-order valence-electron chi connectivity index (χ3n) is 6.07. The predicted molar refractivity (Wildman–Crippen MR) is 115 cm³/mol. The van der Waals surface area contributed by atoms with Gasteiger partial charge in [0.2, 0.25) is 5.91 Å². The molecule has 1 aromatic rings. The minimum atomic E-state index is -5.08. The van der Waals surface area contributed by atoms with E-state index in [1.54, 1.807) is 24.5 Å². The minimum absolute atomic E-state index is 0.157. The Balaban J connectivity index is 0.000000406. The number of anilines is 1. The molecule has 9 nitrogen and oxygen atoms in total. The maximum absolute atomic E-state index is 12.9. The molecule has 0 aromatic carbocycles. The number of rotatable bonds is 3. The molecule has 4 rings (SSSR count). The summed E-state index contributed by atoms with van der Waals surface area (Å²) in [5, 5.41) is 14.0. The average Bonchev–Trinajstić information content (AvgIpc) is 3.23. The van der Waals surface area contributed by atoms with Gasteiger partial charge in [0.15, 0.2) is 5.60 Å². The Bertz CT molecular complexity index is 919. The van der Waals surface area contributed by atoms with Crippen LogP contribution >= 0.6 is 0 Å². The third-order valence-corrected chi connectivity index (χ3v) is 6.07. The number of carboxylic acids is 1. The topological polar surface area (TPSA) is 121 Å². The van der Waals surface area contributed by atoms with Crippen molar-refractivity contribution in [2.45, 2.75) is 63.1 Å². The lowest BCUT2D eigenvalue weighted by molar-refractivity contribution is -0.192. The summed E-state index contributed by atoms with van der Waals surface area (Å²) < 4.78 is 31.7. The van der Waals surface area contributed by atoms with Crippen molar-refractivity contribution in [1.82, 2.24) is 9.88 Å². The van der Waals surface area contributed by atoms with Crippen molar-refractivity contribution >= 4 is 29.2 Å². The van der Waals surface area contributed by atoms with Gasteiger partial charge < -0.3 is 20.2 Å². The molecular weight excluding hydrogens is 457 g/mol. The molecule has 34 heavy (non-hydrogen) atoms. The number of oxime groups is 1. The highest BCUT2D eigenvalue weighted by Gasteiger charge is 2.46. The van der Waals surface area contributed by atoms with Gasteiger partial charge in [-0.05, 0) is 37.8 Å². The van der Waals surface area contributed by atoms with Gasteiger partial charge >= 0.3 is 12.1 Å². The highest BCUT2D eigenvalue weighted by molar-refractivity contribution is 6.43. The number of nitrogens with zero attached hydrogens (tertiary/aromatic N) is 3. The fourth-order valence-electron chi connectivity index (χ4n) is 4.40. The molecule has 186 valence electrons. The number of alkyl halides is 3. The first-order valence-electron chi connectivity index (χ1n) is 11.1. The number of pyridine rings is 1. The van der Waals surface area contributed by atoms with E-state index in [-0.39, 0.29) is 17.7 Å². The lowest BCUT2D eigenvalue weighted by atomic mass is 9.85. The van der Waals surface area contributed by atoms with Crippen LogP contribution in [0.2, 0.25) is 0 Å². The molecule has 2 aliphatic heterocycles. The zero-order valence-electron chi connectivity index (χ0n) is 18.5. The number of carbonyl (C=O) groups excluding carboxylic acids is 2. The second kappa shape index (κ2) is 10.8. The van der Waals surface area contributed by atoms with Crippen LogP contribution < -0.4 is 5.32 Å². The number of amides is 2. The van der Waals surface area contributed by atoms with Gasteiger partial charge in [-0.1, -0.05) is 24.4 Å². The monoisotopic (exact) mass is 484 g/mol. The van der Waals surface area contributed by atoms with Gasteiger partial charge in [0.25, 0.3) is 5.91 Å². The predicted octanol–water partition coefficient (Wildman–Crippen LogP) is 3.37. The van der Waals surface area contributed by atoms with E-state index in [1.165, 1.54) is 6.42 Å². The molecule has 3 aliphatic rings. The number of aromatic nitrogens is 1. The van der Waals surface area contributed by atoms with E-state index in [0.29, 0.717) is 24.4 Å². The molecule has 3 heterocycles. The van der Waals surface area contributed by atoms with Crippen molar-refractivity contribution in [2.24, 2.45) is 11.1 Å². The van der Waals surface area contributed by atoms with Crippen LogP contribution in [0.25, 0.3) is 0 Å². The smallest absolute Gasteiger partial charge is 0.475 e. The van der Waals surface area contributed by atoms with Crippen molar-refractivity contribution in [3.8, 4) is 0 Å². The van der Waals surface area contributed by atoms with Crippen LogP contribution in [0.3, 0.4) is 0 Å². The van der Waals surface area contributed by atoms with Crippen molar-refractivity contribution in [3.63, 3.8) is 0 Å². The van der Waals surface area contributed by atoms with E-state index in [0.717, 1.165) is 45.1 Å². The maximum Gasteiger partial charge on any atom is 0.490 e. The summed E-state index contributed by atoms with van der Waals surface area (Å²) in [4.78, 5) is 45.9. The van der Waals surface area contributed by atoms with E-state index >= 15 is 0 Å². The molecule has 1 aromatic heterocycles. The molecule has 2 fully saturated rings. The van der Waals surface area contributed by atoms with Crippen LogP contribution in [0, 0.1) is 5.92 Å². The Kier molecular flexibility index (Phi) is 8.11. The number of hydrogen-bond donors (Lipinski definition) is 2. The van der Waals surface area contributed by atoms with Crippen LogP contribution in [0.15, 0.2) is 29.7 Å². The van der Waals surface area contributed by atoms with Gasteiger partial charge in [-0.3, -0.25) is 14.6 Å². The highest BCUT2D eigenvalue weighted by atomic mass is 19.4. The van der Waals surface area contributed by atoms with Crippen molar-refractivity contribution in [2.75, 3.05) is 18.4 Å². The SMILES string of the molecule is O=C(Nc1cccnc1)C1=NOC2(CCCN(C(=O)C3CCCCC3)C2)C1.O=C(O)C(F)(F)F. The first-order valence-corrected chi connectivity index (χ1v) is 11.1. The first-order chi connectivity index (χ1) is 16.1. The number of carboxylic acid groups (broad SMARTS) is 1. The molecule has 1 atom stereocenters. The summed E-state index contributed by atoms with van der Waals surface area (Å²) in [6, 6.07) is 3.54. The minimum Gasteiger partial charge on any atom is -0.475 e. The first kappa shape index (κ1) is 25.4. The quantitative estimate of drug-likeness (QED) is 0.679. The number of likely N-dealkylation sites (tertiary alicyclic amines) is 1. The van der Waals surface area contributed by atoms with E-state index in [2.05, 4.69) is 15.5 Å². The van der Waals surface area contributed by atoms with Gasteiger partial charge in [-0.2, -0.15) is 13.2 Å². The van der Waals surface area contributed by atoms with E-state index in [4.69, 9.17) is 14.7 Å². The maximum atomic E-state index is 12.9. The second-order valence-corrected chi connectivity index (χ2v) is 8.69. The van der Waals surface area contributed by atoms with E-state index in [1.807, 2.05) is 4.90 Å². The van der Waals surface area contributed by atoms with Crippen molar-refractivity contribution in [1.29, 1.82) is 0 Å². The van der Waals surface area contributed by atoms with Crippen molar-refractivity contribution < 1.29 is 37.5 Å². The fourth-order valence-corrected chi connectivity index (χ4v) is 4.40. The summed E-state index contributed by atoms with van der Waals surface area (Å²) in [6.07, 6.45) is 5.82. The number of halogens is 3. The molecule has 2 N–H and O–H groups in total. The summed E-state index contributed by atoms with van der Waals surface area (Å²) >= 11 is 0. The number of carbonyl (C=O) groups is 3. The lowest BCUT2D eigenvalue weighted by Crippen LogP contribution is -2.52. The zero-order valence-corrected chi connectivity index (χ0v) is 18.5. The van der Waals surface area contributed by atoms with Gasteiger partial charge in [-0.25, -0.2) is 4.79 Å². The Morgan fingerprint density at radius 1 is 1.18 bits per heavy atom. The van der Waals surface area contributed by atoms with Gasteiger partial charge in [0, 0.05) is 25.1 Å². The van der Waals surface area contributed by atoms with Crippen molar-refractivity contribution in [3.05, 3.63) is 24.5 Å². The lowest BCUT2D eigenvalue weighted by Gasteiger charge is -2.40. The van der Waals surface area contributed by atoms with Crippen LogP contribution in [0.5, 0.6) is 0 Å². The van der Waals surface area contributed by atoms with Crippen LogP contribution in [-0.2, 0) is 19.2 Å². The highest BCUT2D eigenvalue weighted by Crippen LogP contribution is 2.35. The normalized spacial score (nSPS) is 22.8. The number of piperidine rings is 1. The van der Waals surface area contributed by atoms with Crippen LogP contribution in [0.4, 0.5) is 18.9 Å². The summed E-state index contributed by atoms with van der Waals surface area (Å²) in [5.41, 5.74) is 0.458. The Labute approximate surface area is 194 Å². The zero-order chi connectivity index (χ0) is 24.8. The summed E-state index contributed by atoms with van der Waals surface area (Å²) in [6.45, 7) is 1.30. The van der Waals surface area contributed by atoms with Crippen LogP contribution in [-0.4, -0.2) is 63.4 Å². The van der Waals surface area contributed by atoms with Gasteiger partial charge in [0.1, 0.15) is 5.71 Å². The molecule has 0 bridgehead atoms. The van der Waals surface area contributed by atoms with Gasteiger partial charge in [-0.15, -0.1) is 0 Å². The largest absolute Gasteiger partial charge is 0.490 e. The fraction of sp³-hybridized carbons (Fsp3) is 0.591. The second-order valence-electron chi connectivity index (χ2n) is 8.69. The number of nitrogens with one attached hydrogen (secondary N) is 1. The van der Waals surface area contributed by atoms with E-state index < -0.39 is 17.7 Å². The molecule has 0 radical (unpaired) electrons. The molecule has 1 saturated carbocycles. The summed E-state index contributed by atoms with van der Waals surface area (Å²) in [7, 11) is 0. The Hall–Kier alpha value is -3.18. The average molecular weight is 484 g/mol. The summed E-state index contributed by atoms with van der Waals surface area (Å²) in [5.74, 6) is -2.61. The molecule has 1 unspecified atom stereocenters. The van der Waals surface area contributed by atoms with Crippen LogP contribution in [0.1, 0.15) is 51.4 Å². The number of aliphatic carboxylic acids is 1. The van der Waals surface area contributed by atoms with Gasteiger partial charge in [0.05, 0.1) is 18.4 Å². The standard InChI is InChI=1S/C20H26N4O3.C2HF3O2/c25-18(22-16-8-4-10-21-13-16)17-12-20(27-23-17)9-5-11-24(14-20)19(26)15-6-2-1-3-7-15;3-2(4,5)1(6)7/h4,8,10,13,15H,1-3,5-7,9,11-12,14H2,(H,22,25);(H,6,7). The Morgan fingerprint density at radius 3 is 2.50 bits per heavy atom. The third kappa shape index (κ3) is 6.67.